The Kier molecular flexibility index (Phi) is 1.13. The fourth-order valence-corrected chi connectivity index (χ4v) is 0.323. The monoisotopic (exact) mass is 114 g/mol. The minimum Gasteiger partial charge on any atom is -0.314 e. The summed E-state index contributed by atoms with van der Waals surface area (Å²) in [5.41, 5.74) is 0. The predicted molar refractivity (Wildman–Crippen MR) is 26.9 cm³/mol. The third kappa shape index (κ3) is 0.760. The molecule has 0 fully saturated rings. The molecule has 1 aromatic heterocycles. The number of aromatic nitrogens is 2. The molecular formula is C3H6N4O. The van der Waals surface area contributed by atoms with Crippen LogP contribution in [-0.4, -0.2) is 17.2 Å². The van der Waals surface area contributed by atoms with Gasteiger partial charge in [-0.3, -0.25) is 5.01 Å². The van der Waals surface area contributed by atoms with Crippen LogP contribution in [0.2, 0.25) is 0 Å². The number of anilines is 1. The minimum absolute atomic E-state index is 0.310. The van der Waals surface area contributed by atoms with Crippen molar-refractivity contribution in [2.75, 3.05) is 12.1 Å². The highest BCUT2D eigenvalue weighted by atomic mass is 16.5. The molecule has 2 N–H and O–H groups in total. The summed E-state index contributed by atoms with van der Waals surface area (Å²) in [5, 5.41) is 4.58. The molecule has 0 saturated carbocycles. The molecule has 44 valence electrons. The second-order valence-corrected chi connectivity index (χ2v) is 1.33. The first-order valence-corrected chi connectivity index (χ1v) is 2.06. The Morgan fingerprint density at radius 3 is 2.88 bits per heavy atom. The van der Waals surface area contributed by atoms with Crippen LogP contribution < -0.4 is 10.9 Å². The largest absolute Gasteiger partial charge is 0.337 e. The quantitative estimate of drug-likeness (QED) is 0.389. The highest BCUT2D eigenvalue weighted by Crippen LogP contribution is 1.98. The van der Waals surface area contributed by atoms with Gasteiger partial charge in [0.15, 0.2) is 6.33 Å². The van der Waals surface area contributed by atoms with E-state index in [1.807, 2.05) is 0 Å². The fraction of sp³-hybridized carbons (Fsp3) is 0.333. The minimum atomic E-state index is 0.310. The number of hydrogen-bond acceptors (Lipinski definition) is 5. The van der Waals surface area contributed by atoms with E-state index in [9.17, 15) is 0 Å². The Bertz CT molecular complexity index is 146. The van der Waals surface area contributed by atoms with Crippen molar-refractivity contribution in [3.63, 3.8) is 0 Å². The molecule has 5 heteroatoms. The van der Waals surface area contributed by atoms with E-state index in [0.717, 1.165) is 0 Å². The van der Waals surface area contributed by atoms with Gasteiger partial charge in [-0.1, -0.05) is 5.16 Å². The molecule has 0 saturated heterocycles. The molecule has 1 rings (SSSR count). The van der Waals surface area contributed by atoms with Gasteiger partial charge in [-0.05, 0) is 0 Å². The standard InChI is InChI=1S/C3H6N4O/c1-7(4)3-5-2-6-8-3/h2H,4H2,1H3. The first-order valence-electron chi connectivity index (χ1n) is 2.06. The Balaban J connectivity index is 2.77. The maximum atomic E-state index is 5.20. The van der Waals surface area contributed by atoms with Crippen LogP contribution in [0.5, 0.6) is 0 Å². The zero-order chi connectivity index (χ0) is 5.98. The summed E-state index contributed by atoms with van der Waals surface area (Å²) < 4.78 is 4.53. The van der Waals surface area contributed by atoms with Crippen molar-refractivity contribution in [1.29, 1.82) is 0 Å². The van der Waals surface area contributed by atoms with Gasteiger partial charge < -0.3 is 4.52 Å². The summed E-state index contributed by atoms with van der Waals surface area (Å²) in [6.07, 6.45) is 1.29. The maximum absolute atomic E-state index is 5.20. The molecule has 0 aromatic carbocycles. The van der Waals surface area contributed by atoms with E-state index in [0.29, 0.717) is 6.01 Å². The van der Waals surface area contributed by atoms with Crippen molar-refractivity contribution in [3.8, 4) is 0 Å². The Morgan fingerprint density at radius 1 is 1.88 bits per heavy atom. The van der Waals surface area contributed by atoms with E-state index in [1.54, 1.807) is 7.05 Å². The number of nitrogens with two attached hydrogens (primary N) is 1. The number of nitrogens with zero attached hydrogens (tertiary/aromatic N) is 3. The van der Waals surface area contributed by atoms with Crippen molar-refractivity contribution in [2.24, 2.45) is 5.84 Å². The van der Waals surface area contributed by atoms with E-state index in [-0.39, 0.29) is 0 Å². The fourth-order valence-electron chi connectivity index (χ4n) is 0.323. The van der Waals surface area contributed by atoms with Gasteiger partial charge in [-0.2, -0.15) is 4.98 Å². The molecule has 0 aliphatic carbocycles. The van der Waals surface area contributed by atoms with Crippen LogP contribution >= 0.6 is 0 Å². The summed E-state index contributed by atoms with van der Waals surface area (Å²) in [5.74, 6) is 5.20. The third-order valence-electron chi connectivity index (χ3n) is 0.651. The molecule has 0 aliphatic rings. The van der Waals surface area contributed by atoms with Crippen LogP contribution in [0, 0.1) is 0 Å². The molecular weight excluding hydrogens is 108 g/mol. The first-order chi connectivity index (χ1) is 3.80. The molecule has 0 bridgehead atoms. The average Bonchev–Trinajstić information content (AvgIpc) is 2.12. The van der Waals surface area contributed by atoms with Gasteiger partial charge in [0.25, 0.3) is 0 Å². The van der Waals surface area contributed by atoms with Crippen LogP contribution in [0.1, 0.15) is 0 Å². The Hall–Kier alpha value is -1.10. The van der Waals surface area contributed by atoms with E-state index in [4.69, 9.17) is 5.84 Å². The van der Waals surface area contributed by atoms with Gasteiger partial charge in [0.2, 0.25) is 0 Å². The summed E-state index contributed by atoms with van der Waals surface area (Å²) in [7, 11) is 1.62. The topological polar surface area (TPSA) is 68.2 Å². The molecule has 0 radical (unpaired) electrons. The zero-order valence-corrected chi connectivity index (χ0v) is 4.40. The lowest BCUT2D eigenvalue weighted by Crippen LogP contribution is -2.25. The second-order valence-electron chi connectivity index (χ2n) is 1.33. The summed E-state index contributed by atoms with van der Waals surface area (Å²) >= 11 is 0. The van der Waals surface area contributed by atoms with Crippen molar-refractivity contribution >= 4 is 6.01 Å². The van der Waals surface area contributed by atoms with Gasteiger partial charge >= 0.3 is 6.01 Å². The number of hydrogen-bond donors (Lipinski definition) is 1. The average molecular weight is 114 g/mol. The zero-order valence-electron chi connectivity index (χ0n) is 4.40. The molecule has 0 aliphatic heterocycles. The lowest BCUT2D eigenvalue weighted by atomic mass is 11.0. The van der Waals surface area contributed by atoms with Gasteiger partial charge in [0.05, 0.1) is 0 Å². The summed E-state index contributed by atoms with van der Waals surface area (Å²) in [4.78, 5) is 3.64. The molecule has 0 spiro atoms. The van der Waals surface area contributed by atoms with Crippen molar-refractivity contribution in [1.82, 2.24) is 10.1 Å². The first kappa shape index (κ1) is 5.04. The molecule has 0 atom stereocenters. The van der Waals surface area contributed by atoms with Gasteiger partial charge in [-0.15, -0.1) is 0 Å². The molecule has 8 heavy (non-hydrogen) atoms. The van der Waals surface area contributed by atoms with Crippen LogP contribution in [0.15, 0.2) is 10.9 Å². The lowest BCUT2D eigenvalue weighted by molar-refractivity contribution is 0.418. The van der Waals surface area contributed by atoms with Crippen LogP contribution in [0.4, 0.5) is 6.01 Å². The molecule has 5 nitrogen and oxygen atoms in total. The van der Waals surface area contributed by atoms with Gasteiger partial charge in [0.1, 0.15) is 0 Å². The molecule has 1 aromatic rings. The summed E-state index contributed by atoms with van der Waals surface area (Å²) in [6.45, 7) is 0. The van der Waals surface area contributed by atoms with E-state index >= 15 is 0 Å². The highest BCUT2D eigenvalue weighted by Gasteiger charge is 1.97. The van der Waals surface area contributed by atoms with Crippen LogP contribution in [-0.2, 0) is 0 Å². The number of hydrazine groups is 1. The lowest BCUT2D eigenvalue weighted by Gasteiger charge is -2.01. The second kappa shape index (κ2) is 1.79. The Labute approximate surface area is 46.1 Å². The van der Waals surface area contributed by atoms with Crippen molar-refractivity contribution in [2.45, 2.75) is 0 Å². The normalized spacial score (nSPS) is 9.25. The summed E-state index contributed by atoms with van der Waals surface area (Å²) in [6, 6.07) is 0.310. The molecule has 1 heterocycles. The van der Waals surface area contributed by atoms with E-state index in [2.05, 4.69) is 14.7 Å². The highest BCUT2D eigenvalue weighted by molar-refractivity contribution is 5.16. The van der Waals surface area contributed by atoms with Crippen LogP contribution in [0.3, 0.4) is 0 Å². The molecule has 0 amide bonds. The van der Waals surface area contributed by atoms with Gasteiger partial charge in [-0.25, -0.2) is 5.84 Å². The van der Waals surface area contributed by atoms with Crippen molar-refractivity contribution in [3.05, 3.63) is 6.33 Å². The van der Waals surface area contributed by atoms with Gasteiger partial charge in [0, 0.05) is 7.05 Å². The maximum Gasteiger partial charge on any atom is 0.337 e. The number of rotatable bonds is 1. The SMILES string of the molecule is CN(N)c1ncno1. The third-order valence-corrected chi connectivity index (χ3v) is 0.651. The van der Waals surface area contributed by atoms with Crippen LogP contribution in [0.25, 0.3) is 0 Å². The molecule has 0 unspecified atom stereocenters. The van der Waals surface area contributed by atoms with E-state index in [1.165, 1.54) is 11.3 Å². The van der Waals surface area contributed by atoms with E-state index < -0.39 is 0 Å². The predicted octanol–water partition coefficient (Wildman–Crippen LogP) is -0.621. The van der Waals surface area contributed by atoms with Crippen molar-refractivity contribution < 1.29 is 4.52 Å². The Morgan fingerprint density at radius 2 is 2.62 bits per heavy atom. The smallest absolute Gasteiger partial charge is 0.314 e.